The summed E-state index contributed by atoms with van der Waals surface area (Å²) in [5.74, 6) is 1.96. The molecule has 0 heterocycles. The monoisotopic (exact) mass is 428 g/mol. The Hall–Kier alpha value is -1.91. The predicted molar refractivity (Wildman–Crippen MR) is 121 cm³/mol. The Labute approximate surface area is 185 Å². The molecule has 170 valence electrons. The van der Waals surface area contributed by atoms with Gasteiger partial charge in [0.1, 0.15) is 5.82 Å². The minimum atomic E-state index is -0.0751. The Kier molecular flexibility index (Phi) is 6.41. The highest BCUT2D eigenvalue weighted by Gasteiger charge is 2.57. The summed E-state index contributed by atoms with van der Waals surface area (Å²) in [5.41, 5.74) is 3.00. The third-order valence-electron chi connectivity index (χ3n) is 8.80. The van der Waals surface area contributed by atoms with Crippen LogP contribution in [0.25, 0.3) is 0 Å². The largest absolute Gasteiger partial charge is 0.411 e. The van der Waals surface area contributed by atoms with Gasteiger partial charge in [0.05, 0.1) is 5.71 Å². The summed E-state index contributed by atoms with van der Waals surface area (Å²) in [4.78, 5) is 14.4. The van der Waals surface area contributed by atoms with Crippen molar-refractivity contribution in [1.82, 2.24) is 4.90 Å². The molecule has 0 aliphatic heterocycles. The minimum absolute atomic E-state index is 0.0558. The van der Waals surface area contributed by atoms with Crippen LogP contribution in [-0.4, -0.2) is 34.8 Å². The highest BCUT2D eigenvalue weighted by atomic mass is 19.1. The number of hydrogen-bond acceptors (Lipinski definition) is 3. The molecule has 4 nitrogen and oxygen atoms in total. The summed E-state index contributed by atoms with van der Waals surface area (Å²) in [6, 6.07) is 5.58. The van der Waals surface area contributed by atoms with Crippen molar-refractivity contribution in [1.29, 1.82) is 0 Å². The van der Waals surface area contributed by atoms with Gasteiger partial charge in [-0.3, -0.25) is 4.79 Å². The van der Waals surface area contributed by atoms with E-state index in [9.17, 15) is 14.4 Å². The lowest BCUT2D eigenvalue weighted by molar-refractivity contribution is -0.131. The molecule has 1 amide bonds. The smallest absolute Gasteiger partial charge is 0.222 e. The number of benzene rings is 1. The maximum atomic E-state index is 14.4. The molecule has 1 aromatic rings. The van der Waals surface area contributed by atoms with Gasteiger partial charge in [0.25, 0.3) is 0 Å². The molecule has 3 aliphatic rings. The first-order valence-corrected chi connectivity index (χ1v) is 12.2. The molecule has 0 spiro atoms. The van der Waals surface area contributed by atoms with Crippen LogP contribution in [0, 0.1) is 29.0 Å². The molecule has 3 unspecified atom stereocenters. The topological polar surface area (TPSA) is 52.9 Å². The number of oxime groups is 1. The van der Waals surface area contributed by atoms with Crippen molar-refractivity contribution >= 4 is 11.6 Å². The second-order valence-corrected chi connectivity index (χ2v) is 10.1. The summed E-state index contributed by atoms with van der Waals surface area (Å²) < 4.78 is 14.4. The Bertz CT molecular complexity index is 850. The molecule has 0 radical (unpaired) electrons. The Morgan fingerprint density at radius 2 is 2.06 bits per heavy atom. The molecule has 2 fully saturated rings. The maximum absolute atomic E-state index is 14.4. The van der Waals surface area contributed by atoms with Gasteiger partial charge in [0.2, 0.25) is 5.91 Å². The van der Waals surface area contributed by atoms with E-state index in [1.807, 2.05) is 24.8 Å². The van der Waals surface area contributed by atoms with Gasteiger partial charge in [-0.15, -0.1) is 0 Å². The fraction of sp³-hybridized carbons (Fsp3) is 0.692. The fourth-order valence-corrected chi connectivity index (χ4v) is 7.32. The summed E-state index contributed by atoms with van der Waals surface area (Å²) in [6.45, 7) is 7.87. The first kappa shape index (κ1) is 22.3. The average molecular weight is 429 g/mol. The third kappa shape index (κ3) is 3.78. The third-order valence-corrected chi connectivity index (χ3v) is 8.80. The summed E-state index contributed by atoms with van der Waals surface area (Å²) >= 11 is 0. The summed E-state index contributed by atoms with van der Waals surface area (Å²) in [6.07, 6.45) is 7.12. The highest BCUT2D eigenvalue weighted by molar-refractivity contribution is 5.92. The molecular formula is C26H37FN2O2. The quantitative estimate of drug-likeness (QED) is 0.461. The molecule has 2 saturated carbocycles. The molecule has 0 saturated heterocycles. The second-order valence-electron chi connectivity index (χ2n) is 10.1. The Balaban J connectivity index is 1.54. The van der Waals surface area contributed by atoms with Crippen LogP contribution in [0.1, 0.15) is 82.8 Å². The SMILES string of the molecule is CCN(CC)C(=O)CCC[C@@H]1C/C(=N\O)[C@@]2(C)CCC3c4cccc(F)c4CCC3C12. The van der Waals surface area contributed by atoms with Crippen molar-refractivity contribution in [3.05, 3.63) is 35.1 Å². The molecule has 4 rings (SSSR count). The van der Waals surface area contributed by atoms with Crippen LogP contribution in [0.4, 0.5) is 4.39 Å². The van der Waals surface area contributed by atoms with Gasteiger partial charge in [-0.1, -0.05) is 24.2 Å². The molecule has 0 aromatic heterocycles. The van der Waals surface area contributed by atoms with Crippen molar-refractivity contribution in [2.45, 2.75) is 78.1 Å². The van der Waals surface area contributed by atoms with Crippen LogP contribution >= 0.6 is 0 Å². The predicted octanol–water partition coefficient (Wildman–Crippen LogP) is 5.78. The molecule has 31 heavy (non-hydrogen) atoms. The van der Waals surface area contributed by atoms with E-state index in [0.717, 1.165) is 69.3 Å². The van der Waals surface area contributed by atoms with E-state index in [2.05, 4.69) is 18.1 Å². The van der Waals surface area contributed by atoms with E-state index in [1.165, 1.54) is 5.56 Å². The molecule has 3 aliphatic carbocycles. The summed E-state index contributed by atoms with van der Waals surface area (Å²) in [5, 5.41) is 13.6. The lowest BCUT2D eigenvalue weighted by atomic mass is 9.54. The van der Waals surface area contributed by atoms with Crippen LogP contribution in [-0.2, 0) is 11.2 Å². The number of amides is 1. The zero-order valence-electron chi connectivity index (χ0n) is 19.2. The van der Waals surface area contributed by atoms with Crippen molar-refractivity contribution in [3.8, 4) is 0 Å². The Morgan fingerprint density at radius 1 is 1.29 bits per heavy atom. The van der Waals surface area contributed by atoms with E-state index in [1.54, 1.807) is 6.07 Å². The molecule has 1 N–H and O–H groups in total. The fourth-order valence-electron chi connectivity index (χ4n) is 7.32. The number of carbonyl (C=O) groups is 1. The van der Waals surface area contributed by atoms with Crippen molar-refractivity contribution in [2.75, 3.05) is 13.1 Å². The Morgan fingerprint density at radius 3 is 2.77 bits per heavy atom. The maximum Gasteiger partial charge on any atom is 0.222 e. The first-order valence-electron chi connectivity index (χ1n) is 12.2. The normalized spacial score (nSPS) is 33.0. The van der Waals surface area contributed by atoms with E-state index >= 15 is 0 Å². The number of halogens is 1. The van der Waals surface area contributed by atoms with Gasteiger partial charge in [-0.05, 0) is 99.7 Å². The van der Waals surface area contributed by atoms with Crippen LogP contribution in [0.15, 0.2) is 23.4 Å². The number of fused-ring (bicyclic) bond motifs is 5. The van der Waals surface area contributed by atoms with Crippen LogP contribution in [0.5, 0.6) is 0 Å². The second kappa shape index (κ2) is 8.91. The van der Waals surface area contributed by atoms with Gasteiger partial charge in [0, 0.05) is 24.9 Å². The number of hydrogen-bond donors (Lipinski definition) is 1. The summed E-state index contributed by atoms with van der Waals surface area (Å²) in [7, 11) is 0. The molecule has 1 aromatic carbocycles. The van der Waals surface area contributed by atoms with Crippen molar-refractivity contribution in [2.24, 2.45) is 28.3 Å². The van der Waals surface area contributed by atoms with Crippen LogP contribution < -0.4 is 0 Å². The van der Waals surface area contributed by atoms with Crippen molar-refractivity contribution in [3.63, 3.8) is 0 Å². The van der Waals surface area contributed by atoms with Gasteiger partial charge >= 0.3 is 0 Å². The van der Waals surface area contributed by atoms with E-state index in [0.29, 0.717) is 30.1 Å². The number of nitrogens with zero attached hydrogens (tertiary/aromatic N) is 2. The van der Waals surface area contributed by atoms with Gasteiger partial charge in [-0.2, -0.15) is 0 Å². The molecular weight excluding hydrogens is 391 g/mol. The lowest BCUT2D eigenvalue weighted by Crippen LogP contribution is -2.44. The van der Waals surface area contributed by atoms with Gasteiger partial charge in [0.15, 0.2) is 0 Å². The van der Waals surface area contributed by atoms with E-state index in [4.69, 9.17) is 0 Å². The van der Waals surface area contributed by atoms with Crippen LogP contribution in [0.2, 0.25) is 0 Å². The zero-order valence-corrected chi connectivity index (χ0v) is 19.2. The minimum Gasteiger partial charge on any atom is -0.411 e. The number of rotatable bonds is 6. The van der Waals surface area contributed by atoms with Gasteiger partial charge in [-0.25, -0.2) is 4.39 Å². The zero-order chi connectivity index (χ0) is 22.2. The highest BCUT2D eigenvalue weighted by Crippen LogP contribution is 2.62. The molecule has 0 bridgehead atoms. The first-order chi connectivity index (χ1) is 14.9. The van der Waals surface area contributed by atoms with Crippen LogP contribution in [0.3, 0.4) is 0 Å². The van der Waals surface area contributed by atoms with E-state index < -0.39 is 0 Å². The average Bonchev–Trinajstić information content (AvgIpc) is 3.06. The van der Waals surface area contributed by atoms with E-state index in [-0.39, 0.29) is 17.1 Å². The molecule has 5 atom stereocenters. The molecule has 5 heteroatoms. The number of carbonyl (C=O) groups excluding carboxylic acids is 1. The van der Waals surface area contributed by atoms with Crippen molar-refractivity contribution < 1.29 is 14.4 Å². The lowest BCUT2D eigenvalue weighted by Gasteiger charge is -2.50. The van der Waals surface area contributed by atoms with Gasteiger partial charge < -0.3 is 10.1 Å². The standard InChI is InChI=1S/C26H37FN2O2/c1-4-29(5-2)24(30)11-6-8-17-16-23(28-31)26(3)15-14-19-18-9-7-10-22(27)20(18)12-13-21(19)25(17)26/h7,9-10,17,19,21,25,31H,4-6,8,11-16H2,1-3H3/b28-23+/t17-,19?,21?,25?,26-/m1/s1.